The topological polar surface area (TPSA) is 54.9 Å². The fourth-order valence-corrected chi connectivity index (χ4v) is 2.35. The van der Waals surface area contributed by atoms with Crippen LogP contribution in [0.2, 0.25) is 5.15 Å². The molecule has 1 aromatic heterocycles. The van der Waals surface area contributed by atoms with Gasteiger partial charge in [0.1, 0.15) is 11.0 Å². The first kappa shape index (κ1) is 15.5. The minimum absolute atomic E-state index is 0.0724. The van der Waals surface area contributed by atoms with Gasteiger partial charge >= 0.3 is 5.69 Å². The number of nitrogens with zero attached hydrogens (tertiary/aromatic N) is 1. The van der Waals surface area contributed by atoms with Gasteiger partial charge in [-0.2, -0.15) is 0 Å². The third-order valence-electron chi connectivity index (χ3n) is 3.30. The minimum Gasteiger partial charge on any atom is -0.297 e. The SMILES string of the molecule is CCCCc1c(Cl)[nH]c(=O)n(Cc2ccccc2F)c1=O. The van der Waals surface area contributed by atoms with Crippen LogP contribution in [-0.4, -0.2) is 9.55 Å². The van der Waals surface area contributed by atoms with E-state index in [0.717, 1.165) is 17.4 Å². The summed E-state index contributed by atoms with van der Waals surface area (Å²) in [4.78, 5) is 26.7. The molecule has 1 N–H and O–H groups in total. The zero-order valence-electron chi connectivity index (χ0n) is 11.7. The smallest absolute Gasteiger partial charge is 0.297 e. The van der Waals surface area contributed by atoms with Crippen LogP contribution in [0.1, 0.15) is 30.9 Å². The minimum atomic E-state index is -0.631. The van der Waals surface area contributed by atoms with Gasteiger partial charge in [-0.05, 0) is 18.9 Å². The van der Waals surface area contributed by atoms with Crippen LogP contribution in [-0.2, 0) is 13.0 Å². The highest BCUT2D eigenvalue weighted by Gasteiger charge is 2.13. The fourth-order valence-electron chi connectivity index (χ4n) is 2.10. The van der Waals surface area contributed by atoms with E-state index in [1.165, 1.54) is 6.07 Å². The molecule has 0 radical (unpaired) electrons. The van der Waals surface area contributed by atoms with Crippen LogP contribution < -0.4 is 11.2 Å². The molecule has 0 aliphatic rings. The average molecular weight is 311 g/mol. The normalized spacial score (nSPS) is 10.8. The molecule has 0 fully saturated rings. The van der Waals surface area contributed by atoms with Crippen molar-refractivity contribution in [2.45, 2.75) is 32.7 Å². The molecule has 1 aromatic carbocycles. The van der Waals surface area contributed by atoms with Gasteiger partial charge in [0.15, 0.2) is 0 Å². The molecule has 2 rings (SSSR count). The largest absolute Gasteiger partial charge is 0.329 e. The van der Waals surface area contributed by atoms with Crippen molar-refractivity contribution in [2.75, 3.05) is 0 Å². The van der Waals surface area contributed by atoms with Crippen LogP contribution in [0, 0.1) is 5.82 Å². The molecule has 0 aliphatic heterocycles. The highest BCUT2D eigenvalue weighted by atomic mass is 35.5. The Morgan fingerprint density at radius 2 is 2.00 bits per heavy atom. The van der Waals surface area contributed by atoms with E-state index in [-0.39, 0.29) is 17.3 Å². The highest BCUT2D eigenvalue weighted by Crippen LogP contribution is 2.11. The molecule has 0 bridgehead atoms. The van der Waals surface area contributed by atoms with Crippen molar-refractivity contribution in [3.05, 3.63) is 67.2 Å². The van der Waals surface area contributed by atoms with Gasteiger partial charge < -0.3 is 0 Å². The summed E-state index contributed by atoms with van der Waals surface area (Å²) in [6, 6.07) is 6.05. The molecule has 0 unspecified atom stereocenters. The third-order valence-corrected chi connectivity index (χ3v) is 3.62. The number of aromatic nitrogens is 2. The first-order valence-electron chi connectivity index (χ1n) is 6.79. The second kappa shape index (κ2) is 6.72. The lowest BCUT2D eigenvalue weighted by Crippen LogP contribution is -2.38. The van der Waals surface area contributed by atoms with Gasteiger partial charge in [-0.1, -0.05) is 43.1 Å². The van der Waals surface area contributed by atoms with E-state index in [9.17, 15) is 14.0 Å². The molecular formula is C15H16ClFN2O2. The van der Waals surface area contributed by atoms with Crippen LogP contribution >= 0.6 is 11.6 Å². The maximum atomic E-state index is 13.7. The quantitative estimate of drug-likeness (QED) is 0.863. The van der Waals surface area contributed by atoms with Crippen molar-refractivity contribution in [3.8, 4) is 0 Å². The maximum absolute atomic E-state index is 13.7. The summed E-state index contributed by atoms with van der Waals surface area (Å²) in [7, 11) is 0. The van der Waals surface area contributed by atoms with E-state index in [1.807, 2.05) is 6.92 Å². The van der Waals surface area contributed by atoms with Gasteiger partial charge in [0.05, 0.1) is 12.1 Å². The van der Waals surface area contributed by atoms with Gasteiger partial charge in [0.25, 0.3) is 5.56 Å². The molecule has 0 aliphatic carbocycles. The Labute approximate surface area is 126 Å². The van der Waals surface area contributed by atoms with Crippen molar-refractivity contribution in [3.63, 3.8) is 0 Å². The average Bonchev–Trinajstić information content (AvgIpc) is 2.45. The summed E-state index contributed by atoms with van der Waals surface area (Å²) in [5.74, 6) is -0.450. The molecule has 0 saturated heterocycles. The summed E-state index contributed by atoms with van der Waals surface area (Å²) in [5.41, 5.74) is -0.433. The van der Waals surface area contributed by atoms with E-state index in [2.05, 4.69) is 4.98 Å². The Morgan fingerprint density at radius 3 is 2.67 bits per heavy atom. The lowest BCUT2D eigenvalue weighted by atomic mass is 10.1. The molecular weight excluding hydrogens is 295 g/mol. The Bertz CT molecular complexity index is 752. The third kappa shape index (κ3) is 3.42. The lowest BCUT2D eigenvalue weighted by molar-refractivity contribution is 0.586. The number of benzene rings is 1. The molecule has 2 aromatic rings. The molecule has 0 amide bonds. The van der Waals surface area contributed by atoms with Crippen LogP contribution in [0.4, 0.5) is 4.39 Å². The van der Waals surface area contributed by atoms with E-state index < -0.39 is 17.1 Å². The number of H-pyrrole nitrogens is 1. The predicted molar refractivity (Wildman–Crippen MR) is 80.4 cm³/mol. The Kier molecular flexibility index (Phi) is 4.96. The van der Waals surface area contributed by atoms with E-state index in [1.54, 1.807) is 18.2 Å². The van der Waals surface area contributed by atoms with E-state index >= 15 is 0 Å². The van der Waals surface area contributed by atoms with Crippen LogP contribution in [0.3, 0.4) is 0 Å². The number of halogens is 2. The van der Waals surface area contributed by atoms with Crippen LogP contribution in [0.5, 0.6) is 0 Å². The van der Waals surface area contributed by atoms with E-state index in [4.69, 9.17) is 11.6 Å². The fraction of sp³-hybridized carbons (Fsp3) is 0.333. The molecule has 0 spiro atoms. The molecule has 4 nitrogen and oxygen atoms in total. The zero-order chi connectivity index (χ0) is 15.4. The maximum Gasteiger partial charge on any atom is 0.329 e. The Hall–Kier alpha value is -1.88. The monoisotopic (exact) mass is 310 g/mol. The molecule has 1 heterocycles. The summed E-state index contributed by atoms with van der Waals surface area (Å²) < 4.78 is 14.6. The Morgan fingerprint density at radius 1 is 1.29 bits per heavy atom. The number of unbranched alkanes of at least 4 members (excludes halogenated alkanes) is 1. The summed E-state index contributed by atoms with van der Waals surface area (Å²) in [6.45, 7) is 1.88. The highest BCUT2D eigenvalue weighted by molar-refractivity contribution is 6.30. The number of rotatable bonds is 5. The van der Waals surface area contributed by atoms with Crippen molar-refractivity contribution in [1.82, 2.24) is 9.55 Å². The number of nitrogens with one attached hydrogen (secondary N) is 1. The molecule has 0 saturated carbocycles. The van der Waals surface area contributed by atoms with Gasteiger partial charge in [0.2, 0.25) is 0 Å². The standard InChI is InChI=1S/C15H16ClFN2O2/c1-2-3-7-11-13(16)18-15(21)19(14(11)20)9-10-6-4-5-8-12(10)17/h4-6,8H,2-3,7,9H2,1H3,(H,18,21). The van der Waals surface area contributed by atoms with E-state index in [0.29, 0.717) is 12.0 Å². The number of hydrogen-bond donors (Lipinski definition) is 1. The number of aromatic amines is 1. The predicted octanol–water partition coefficient (Wildman–Crippen LogP) is 2.72. The van der Waals surface area contributed by atoms with Crippen molar-refractivity contribution in [1.29, 1.82) is 0 Å². The summed E-state index contributed by atoms with van der Waals surface area (Å²) in [5, 5.41) is 0.0724. The zero-order valence-corrected chi connectivity index (χ0v) is 12.4. The lowest BCUT2D eigenvalue weighted by Gasteiger charge is -2.09. The van der Waals surface area contributed by atoms with Crippen LogP contribution in [0.15, 0.2) is 33.9 Å². The van der Waals surface area contributed by atoms with Gasteiger partial charge in [-0.3, -0.25) is 14.3 Å². The summed E-state index contributed by atoms with van der Waals surface area (Å²) in [6.07, 6.45) is 2.19. The first-order valence-corrected chi connectivity index (χ1v) is 7.17. The van der Waals surface area contributed by atoms with Gasteiger partial charge in [0, 0.05) is 5.56 Å². The van der Waals surface area contributed by atoms with Gasteiger partial charge in [-0.25, -0.2) is 9.18 Å². The molecule has 112 valence electrons. The van der Waals surface area contributed by atoms with Gasteiger partial charge in [-0.15, -0.1) is 0 Å². The molecule has 6 heteroatoms. The first-order chi connectivity index (χ1) is 10.0. The second-order valence-corrected chi connectivity index (χ2v) is 5.19. The van der Waals surface area contributed by atoms with Crippen LogP contribution in [0.25, 0.3) is 0 Å². The molecule has 0 atom stereocenters. The molecule has 21 heavy (non-hydrogen) atoms. The second-order valence-electron chi connectivity index (χ2n) is 4.81. The summed E-state index contributed by atoms with van der Waals surface area (Å²) >= 11 is 5.93. The van der Waals surface area contributed by atoms with Crippen molar-refractivity contribution in [2.24, 2.45) is 0 Å². The van der Waals surface area contributed by atoms with Crippen molar-refractivity contribution >= 4 is 11.6 Å². The van der Waals surface area contributed by atoms with Crippen molar-refractivity contribution < 1.29 is 4.39 Å². The Balaban J connectivity index is 2.47. The number of hydrogen-bond acceptors (Lipinski definition) is 2.